The van der Waals surface area contributed by atoms with Crippen molar-refractivity contribution in [3.05, 3.63) is 49.6 Å². The Balaban J connectivity index is 2.23. The van der Waals surface area contributed by atoms with Crippen molar-refractivity contribution in [3.8, 4) is 0 Å². The van der Waals surface area contributed by atoms with Crippen molar-refractivity contribution in [1.82, 2.24) is 4.98 Å². The molecule has 1 aromatic carbocycles. The third kappa shape index (κ3) is 3.01. The van der Waals surface area contributed by atoms with Crippen LogP contribution in [0.2, 0.25) is 15.2 Å². The van der Waals surface area contributed by atoms with E-state index in [0.717, 1.165) is 4.47 Å². The zero-order valence-corrected chi connectivity index (χ0v) is 12.6. The molecule has 2 rings (SSSR count). The SMILES string of the molecule is O=C(Nc1cc(Br)ccc1Cl)c1cc(Cl)c(Cl)[nH]1. The third-order valence-electron chi connectivity index (χ3n) is 2.15. The molecule has 0 bridgehead atoms. The molecule has 7 heteroatoms. The first kappa shape index (κ1) is 13.7. The number of aromatic nitrogens is 1. The van der Waals surface area contributed by atoms with Crippen molar-refractivity contribution in [2.45, 2.75) is 0 Å². The highest BCUT2D eigenvalue weighted by Gasteiger charge is 2.13. The molecule has 2 N–H and O–H groups in total. The Labute approximate surface area is 127 Å². The van der Waals surface area contributed by atoms with Crippen LogP contribution in [-0.2, 0) is 0 Å². The van der Waals surface area contributed by atoms with Gasteiger partial charge in [0.05, 0.1) is 15.7 Å². The van der Waals surface area contributed by atoms with Crippen LogP contribution in [-0.4, -0.2) is 10.9 Å². The van der Waals surface area contributed by atoms with Crippen LogP contribution >= 0.6 is 50.7 Å². The summed E-state index contributed by atoms with van der Waals surface area (Å²) in [7, 11) is 0. The van der Waals surface area contributed by atoms with Gasteiger partial charge in [-0.2, -0.15) is 0 Å². The fourth-order valence-corrected chi connectivity index (χ4v) is 2.15. The van der Waals surface area contributed by atoms with E-state index in [1.807, 2.05) is 0 Å². The maximum atomic E-state index is 11.9. The fraction of sp³-hybridized carbons (Fsp3) is 0. The van der Waals surface area contributed by atoms with Crippen LogP contribution in [0.3, 0.4) is 0 Å². The molecule has 0 fully saturated rings. The number of aromatic amines is 1. The van der Waals surface area contributed by atoms with Crippen molar-refractivity contribution < 1.29 is 4.79 Å². The summed E-state index contributed by atoms with van der Waals surface area (Å²) in [6, 6.07) is 6.60. The molecule has 0 aliphatic rings. The van der Waals surface area contributed by atoms with Crippen LogP contribution in [0.5, 0.6) is 0 Å². The maximum absolute atomic E-state index is 11.9. The summed E-state index contributed by atoms with van der Waals surface area (Å²) >= 11 is 20.8. The molecule has 1 heterocycles. The van der Waals surface area contributed by atoms with Gasteiger partial charge in [0, 0.05) is 4.47 Å². The lowest BCUT2D eigenvalue weighted by atomic mass is 10.3. The summed E-state index contributed by atoms with van der Waals surface area (Å²) in [5.41, 5.74) is 0.763. The fourth-order valence-electron chi connectivity index (χ4n) is 1.31. The average molecular weight is 368 g/mol. The lowest BCUT2D eigenvalue weighted by Crippen LogP contribution is -2.12. The van der Waals surface area contributed by atoms with E-state index in [-0.39, 0.29) is 16.8 Å². The molecule has 2 aromatic rings. The average Bonchev–Trinajstić information content (AvgIpc) is 2.64. The normalized spacial score (nSPS) is 10.4. The van der Waals surface area contributed by atoms with Crippen molar-refractivity contribution in [3.63, 3.8) is 0 Å². The smallest absolute Gasteiger partial charge is 0.272 e. The van der Waals surface area contributed by atoms with Gasteiger partial charge in [-0.05, 0) is 24.3 Å². The zero-order valence-electron chi connectivity index (χ0n) is 8.73. The van der Waals surface area contributed by atoms with Crippen molar-refractivity contribution in [2.75, 3.05) is 5.32 Å². The molecular formula is C11H6BrCl3N2O. The first-order chi connectivity index (χ1) is 8.47. The van der Waals surface area contributed by atoms with E-state index in [1.54, 1.807) is 18.2 Å². The molecule has 1 aromatic heterocycles. The van der Waals surface area contributed by atoms with Crippen LogP contribution in [0.1, 0.15) is 10.5 Å². The van der Waals surface area contributed by atoms with Crippen LogP contribution in [0, 0.1) is 0 Å². The van der Waals surface area contributed by atoms with Crippen LogP contribution in [0.15, 0.2) is 28.7 Å². The highest BCUT2D eigenvalue weighted by molar-refractivity contribution is 9.10. The van der Waals surface area contributed by atoms with Gasteiger partial charge in [0.1, 0.15) is 10.8 Å². The minimum absolute atomic E-state index is 0.224. The predicted molar refractivity (Wildman–Crippen MR) is 77.9 cm³/mol. The second-order valence-corrected chi connectivity index (χ2v) is 5.53. The predicted octanol–water partition coefficient (Wildman–Crippen LogP) is 4.99. The lowest BCUT2D eigenvalue weighted by Gasteiger charge is -2.06. The molecule has 0 spiro atoms. The van der Waals surface area contributed by atoms with Crippen molar-refractivity contribution >= 4 is 62.3 Å². The largest absolute Gasteiger partial charge is 0.340 e. The molecular weight excluding hydrogens is 362 g/mol. The molecule has 0 saturated carbocycles. The Kier molecular flexibility index (Phi) is 4.22. The first-order valence-electron chi connectivity index (χ1n) is 4.78. The summed E-state index contributed by atoms with van der Waals surface area (Å²) in [5.74, 6) is -0.371. The monoisotopic (exact) mass is 366 g/mol. The second-order valence-electron chi connectivity index (χ2n) is 3.42. The summed E-state index contributed by atoms with van der Waals surface area (Å²) in [6.45, 7) is 0. The Bertz CT molecular complexity index is 593. The Morgan fingerprint density at radius 3 is 2.50 bits per heavy atom. The van der Waals surface area contributed by atoms with Crippen molar-refractivity contribution in [1.29, 1.82) is 0 Å². The van der Waals surface area contributed by atoms with Gasteiger partial charge in [-0.15, -0.1) is 0 Å². The van der Waals surface area contributed by atoms with E-state index in [9.17, 15) is 4.79 Å². The number of H-pyrrole nitrogens is 1. The number of carbonyl (C=O) groups is 1. The molecule has 0 aliphatic carbocycles. The summed E-state index contributed by atoms with van der Waals surface area (Å²) in [4.78, 5) is 14.6. The summed E-state index contributed by atoms with van der Waals surface area (Å²) in [6.07, 6.45) is 0. The number of benzene rings is 1. The lowest BCUT2D eigenvalue weighted by molar-refractivity contribution is 0.102. The quantitative estimate of drug-likeness (QED) is 0.771. The van der Waals surface area contributed by atoms with Crippen LogP contribution in [0.25, 0.3) is 0 Å². The molecule has 0 saturated heterocycles. The van der Waals surface area contributed by atoms with Gasteiger partial charge in [0.15, 0.2) is 0 Å². The van der Waals surface area contributed by atoms with Gasteiger partial charge < -0.3 is 10.3 Å². The van der Waals surface area contributed by atoms with E-state index in [4.69, 9.17) is 34.8 Å². The number of hydrogen-bond acceptors (Lipinski definition) is 1. The van der Waals surface area contributed by atoms with E-state index in [2.05, 4.69) is 26.2 Å². The molecule has 0 radical (unpaired) electrons. The summed E-state index contributed by atoms with van der Waals surface area (Å²) in [5, 5.41) is 3.62. The number of halogens is 4. The van der Waals surface area contributed by atoms with E-state index in [1.165, 1.54) is 6.07 Å². The number of anilines is 1. The van der Waals surface area contributed by atoms with Gasteiger partial charge >= 0.3 is 0 Å². The minimum Gasteiger partial charge on any atom is -0.340 e. The molecule has 18 heavy (non-hydrogen) atoms. The number of rotatable bonds is 2. The Morgan fingerprint density at radius 1 is 1.17 bits per heavy atom. The molecule has 0 atom stereocenters. The van der Waals surface area contributed by atoms with Crippen LogP contribution in [0.4, 0.5) is 5.69 Å². The van der Waals surface area contributed by atoms with Gasteiger partial charge in [-0.25, -0.2) is 0 Å². The van der Waals surface area contributed by atoms with Gasteiger partial charge in [-0.1, -0.05) is 50.7 Å². The van der Waals surface area contributed by atoms with Crippen LogP contribution < -0.4 is 5.32 Å². The number of nitrogens with one attached hydrogen (secondary N) is 2. The maximum Gasteiger partial charge on any atom is 0.272 e. The highest BCUT2D eigenvalue weighted by atomic mass is 79.9. The Morgan fingerprint density at radius 2 is 1.89 bits per heavy atom. The molecule has 1 amide bonds. The van der Waals surface area contributed by atoms with Crippen molar-refractivity contribution in [2.24, 2.45) is 0 Å². The van der Waals surface area contributed by atoms with E-state index in [0.29, 0.717) is 15.7 Å². The Hall–Kier alpha value is -0.680. The molecule has 0 aliphatic heterocycles. The third-order valence-corrected chi connectivity index (χ3v) is 3.66. The summed E-state index contributed by atoms with van der Waals surface area (Å²) < 4.78 is 0.810. The van der Waals surface area contributed by atoms with E-state index < -0.39 is 0 Å². The number of amides is 1. The minimum atomic E-state index is -0.371. The molecule has 94 valence electrons. The van der Waals surface area contributed by atoms with Gasteiger partial charge in [0.25, 0.3) is 5.91 Å². The van der Waals surface area contributed by atoms with E-state index >= 15 is 0 Å². The number of hydrogen-bond donors (Lipinski definition) is 2. The van der Waals surface area contributed by atoms with Gasteiger partial charge in [0.2, 0.25) is 0 Å². The molecule has 3 nitrogen and oxygen atoms in total. The van der Waals surface area contributed by atoms with Gasteiger partial charge in [-0.3, -0.25) is 4.79 Å². The highest BCUT2D eigenvalue weighted by Crippen LogP contribution is 2.27. The zero-order chi connectivity index (χ0) is 13.3. The molecule has 0 unspecified atom stereocenters. The first-order valence-corrected chi connectivity index (χ1v) is 6.70. The standard InChI is InChI=1S/C11H6BrCl3N2O/c12-5-1-2-6(13)8(3-5)17-11(18)9-4-7(14)10(15)16-9/h1-4,16H,(H,17,18). The second kappa shape index (κ2) is 5.53. The number of carbonyl (C=O) groups excluding carboxylic acids is 1. The topological polar surface area (TPSA) is 44.9 Å².